The summed E-state index contributed by atoms with van der Waals surface area (Å²) in [7, 11) is 0. The maximum absolute atomic E-state index is 14.0. The SMILES string of the molecule is Cc1ccccc1C(=O)Nc1nc(C(=O)N2CCN(c3ccccc3F)CC2)cs1. The Bertz CT molecular complexity index is 1080. The largest absolute Gasteiger partial charge is 0.366 e. The van der Waals surface area contributed by atoms with Crippen molar-refractivity contribution in [2.45, 2.75) is 6.92 Å². The molecular formula is C22H21FN4O2S. The third kappa shape index (κ3) is 4.18. The summed E-state index contributed by atoms with van der Waals surface area (Å²) >= 11 is 1.22. The van der Waals surface area contributed by atoms with Gasteiger partial charge < -0.3 is 9.80 Å². The molecule has 8 heteroatoms. The molecule has 0 spiro atoms. The summed E-state index contributed by atoms with van der Waals surface area (Å²) in [4.78, 5) is 33.2. The van der Waals surface area contributed by atoms with Gasteiger partial charge in [-0.3, -0.25) is 14.9 Å². The van der Waals surface area contributed by atoms with E-state index in [4.69, 9.17) is 0 Å². The molecule has 0 atom stereocenters. The third-order valence-corrected chi connectivity index (χ3v) is 5.85. The number of aryl methyl sites for hydroxylation is 1. The molecule has 4 rings (SSSR count). The van der Waals surface area contributed by atoms with Gasteiger partial charge >= 0.3 is 0 Å². The van der Waals surface area contributed by atoms with E-state index in [0.29, 0.717) is 48.3 Å². The molecule has 0 bridgehead atoms. The van der Waals surface area contributed by atoms with Crippen LogP contribution in [-0.4, -0.2) is 47.9 Å². The minimum absolute atomic E-state index is 0.184. The Hall–Kier alpha value is -3.26. The summed E-state index contributed by atoms with van der Waals surface area (Å²) in [6.45, 7) is 3.93. The molecule has 1 saturated heterocycles. The smallest absolute Gasteiger partial charge is 0.273 e. The molecule has 1 aromatic heterocycles. The predicted molar refractivity (Wildman–Crippen MR) is 116 cm³/mol. The normalized spacial score (nSPS) is 13.9. The number of rotatable bonds is 4. The van der Waals surface area contributed by atoms with Crippen molar-refractivity contribution in [1.29, 1.82) is 0 Å². The van der Waals surface area contributed by atoms with E-state index >= 15 is 0 Å². The van der Waals surface area contributed by atoms with Crippen LogP contribution >= 0.6 is 11.3 Å². The minimum Gasteiger partial charge on any atom is -0.366 e. The standard InChI is InChI=1S/C22H21FN4O2S/c1-15-6-2-3-7-16(15)20(28)25-22-24-18(14-30-22)21(29)27-12-10-26(11-13-27)19-9-5-4-8-17(19)23/h2-9,14H,10-13H2,1H3,(H,24,25,28). The van der Waals surface area contributed by atoms with Gasteiger partial charge in [0.05, 0.1) is 5.69 Å². The molecule has 0 unspecified atom stereocenters. The second kappa shape index (κ2) is 8.62. The summed E-state index contributed by atoms with van der Waals surface area (Å²) in [5, 5.41) is 4.80. The molecule has 30 heavy (non-hydrogen) atoms. The van der Waals surface area contributed by atoms with Crippen LogP contribution in [0.15, 0.2) is 53.9 Å². The highest BCUT2D eigenvalue weighted by Gasteiger charge is 2.25. The lowest BCUT2D eigenvalue weighted by atomic mass is 10.1. The Kier molecular flexibility index (Phi) is 5.76. The van der Waals surface area contributed by atoms with Crippen LogP contribution in [-0.2, 0) is 0 Å². The van der Waals surface area contributed by atoms with Crippen molar-refractivity contribution in [3.8, 4) is 0 Å². The van der Waals surface area contributed by atoms with Gasteiger partial charge in [0, 0.05) is 37.1 Å². The van der Waals surface area contributed by atoms with Gasteiger partial charge in [0.15, 0.2) is 5.13 Å². The van der Waals surface area contributed by atoms with Gasteiger partial charge in [-0.25, -0.2) is 9.37 Å². The molecule has 1 fully saturated rings. The lowest BCUT2D eigenvalue weighted by molar-refractivity contribution is 0.0741. The van der Waals surface area contributed by atoms with E-state index in [2.05, 4.69) is 10.3 Å². The Balaban J connectivity index is 1.37. The Morgan fingerprint density at radius 1 is 1.03 bits per heavy atom. The first-order valence-electron chi connectivity index (χ1n) is 9.64. The number of aromatic nitrogens is 1. The van der Waals surface area contributed by atoms with E-state index in [9.17, 15) is 14.0 Å². The summed E-state index contributed by atoms with van der Waals surface area (Å²) in [5.74, 6) is -0.693. The number of halogens is 1. The van der Waals surface area contributed by atoms with Crippen molar-refractivity contribution < 1.29 is 14.0 Å². The van der Waals surface area contributed by atoms with Crippen molar-refractivity contribution in [3.05, 3.63) is 76.5 Å². The molecule has 2 aromatic carbocycles. The van der Waals surface area contributed by atoms with Gasteiger partial charge in [-0.15, -0.1) is 11.3 Å². The number of amides is 2. The molecule has 1 aliphatic rings. The molecule has 6 nitrogen and oxygen atoms in total. The number of para-hydroxylation sites is 1. The van der Waals surface area contributed by atoms with E-state index in [1.807, 2.05) is 24.0 Å². The van der Waals surface area contributed by atoms with Gasteiger partial charge in [-0.2, -0.15) is 0 Å². The Morgan fingerprint density at radius 3 is 2.47 bits per heavy atom. The van der Waals surface area contributed by atoms with E-state index in [1.165, 1.54) is 17.4 Å². The molecule has 0 radical (unpaired) electrons. The Morgan fingerprint density at radius 2 is 1.73 bits per heavy atom. The van der Waals surface area contributed by atoms with Gasteiger partial charge in [0.2, 0.25) is 0 Å². The van der Waals surface area contributed by atoms with Crippen molar-refractivity contribution in [1.82, 2.24) is 9.88 Å². The first kappa shape index (κ1) is 20.0. The number of carbonyl (C=O) groups is 2. The lowest BCUT2D eigenvalue weighted by Crippen LogP contribution is -2.49. The number of thiazole rings is 1. The van der Waals surface area contributed by atoms with E-state index in [1.54, 1.807) is 40.6 Å². The molecule has 0 saturated carbocycles. The van der Waals surface area contributed by atoms with Crippen molar-refractivity contribution in [3.63, 3.8) is 0 Å². The first-order chi connectivity index (χ1) is 14.5. The Labute approximate surface area is 178 Å². The summed E-state index contributed by atoms with van der Waals surface area (Å²) in [6, 6.07) is 13.9. The second-order valence-electron chi connectivity index (χ2n) is 7.04. The average molecular weight is 425 g/mol. The van der Waals surface area contributed by atoms with Crippen LogP contribution in [0.25, 0.3) is 0 Å². The van der Waals surface area contributed by atoms with Crippen LogP contribution in [0, 0.1) is 12.7 Å². The van der Waals surface area contributed by atoms with Gasteiger partial charge in [0.25, 0.3) is 11.8 Å². The van der Waals surface area contributed by atoms with E-state index in [0.717, 1.165) is 5.56 Å². The van der Waals surface area contributed by atoms with Crippen LogP contribution in [0.5, 0.6) is 0 Å². The fourth-order valence-corrected chi connectivity index (χ4v) is 4.12. The van der Waals surface area contributed by atoms with Crippen molar-refractivity contribution in [2.75, 3.05) is 36.4 Å². The molecule has 0 aliphatic carbocycles. The molecule has 2 heterocycles. The molecular weight excluding hydrogens is 403 g/mol. The third-order valence-electron chi connectivity index (χ3n) is 5.09. The number of anilines is 2. The number of nitrogens with zero attached hydrogens (tertiary/aromatic N) is 3. The summed E-state index contributed by atoms with van der Waals surface area (Å²) in [6.07, 6.45) is 0. The minimum atomic E-state index is -0.259. The fourth-order valence-electron chi connectivity index (χ4n) is 3.44. The van der Waals surface area contributed by atoms with Gasteiger partial charge in [-0.05, 0) is 30.7 Å². The topological polar surface area (TPSA) is 65.5 Å². The van der Waals surface area contributed by atoms with Crippen molar-refractivity contribution >= 4 is 34.0 Å². The zero-order valence-electron chi connectivity index (χ0n) is 16.5. The van der Waals surface area contributed by atoms with Crippen LogP contribution in [0.1, 0.15) is 26.4 Å². The number of hydrogen-bond acceptors (Lipinski definition) is 5. The number of benzene rings is 2. The number of nitrogens with one attached hydrogen (secondary N) is 1. The molecule has 1 N–H and O–H groups in total. The quantitative estimate of drug-likeness (QED) is 0.692. The summed E-state index contributed by atoms with van der Waals surface area (Å²) < 4.78 is 14.0. The highest BCUT2D eigenvalue weighted by molar-refractivity contribution is 7.14. The number of piperazine rings is 1. The molecule has 1 aliphatic heterocycles. The highest BCUT2D eigenvalue weighted by atomic mass is 32.1. The highest BCUT2D eigenvalue weighted by Crippen LogP contribution is 2.22. The zero-order valence-corrected chi connectivity index (χ0v) is 17.3. The maximum Gasteiger partial charge on any atom is 0.273 e. The van der Waals surface area contributed by atoms with Crippen LogP contribution in [0.4, 0.5) is 15.2 Å². The van der Waals surface area contributed by atoms with E-state index in [-0.39, 0.29) is 17.6 Å². The molecule has 154 valence electrons. The van der Waals surface area contributed by atoms with Crippen molar-refractivity contribution in [2.24, 2.45) is 0 Å². The second-order valence-corrected chi connectivity index (χ2v) is 7.90. The van der Waals surface area contributed by atoms with Crippen LogP contribution in [0.2, 0.25) is 0 Å². The van der Waals surface area contributed by atoms with Crippen LogP contribution < -0.4 is 10.2 Å². The first-order valence-corrected chi connectivity index (χ1v) is 10.5. The fraction of sp³-hybridized carbons (Fsp3) is 0.227. The van der Waals surface area contributed by atoms with Gasteiger partial charge in [-0.1, -0.05) is 30.3 Å². The molecule has 2 amide bonds. The maximum atomic E-state index is 14.0. The predicted octanol–water partition coefficient (Wildman–Crippen LogP) is 3.81. The average Bonchev–Trinajstić information content (AvgIpc) is 3.22. The molecule has 3 aromatic rings. The van der Waals surface area contributed by atoms with Crippen LogP contribution in [0.3, 0.4) is 0 Å². The lowest BCUT2D eigenvalue weighted by Gasteiger charge is -2.35. The summed E-state index contributed by atoms with van der Waals surface area (Å²) in [5.41, 5.74) is 2.30. The van der Waals surface area contributed by atoms with E-state index < -0.39 is 0 Å². The monoisotopic (exact) mass is 424 g/mol. The number of carbonyl (C=O) groups excluding carboxylic acids is 2. The number of hydrogen-bond donors (Lipinski definition) is 1. The van der Waals surface area contributed by atoms with Gasteiger partial charge in [0.1, 0.15) is 11.5 Å². The zero-order chi connectivity index (χ0) is 21.1.